The first kappa shape index (κ1) is 11.2. The monoisotopic (exact) mass is 252 g/mol. The lowest BCUT2D eigenvalue weighted by Crippen LogP contribution is -2.45. The molecule has 2 atom stereocenters. The molecule has 2 aliphatic rings. The van der Waals surface area contributed by atoms with Gasteiger partial charge in [-0.1, -0.05) is 0 Å². The summed E-state index contributed by atoms with van der Waals surface area (Å²) in [5.41, 5.74) is 1.29. The van der Waals surface area contributed by atoms with Crippen LogP contribution in [0.25, 0.3) is 0 Å². The summed E-state index contributed by atoms with van der Waals surface area (Å²) >= 11 is 1.78. The van der Waals surface area contributed by atoms with Crippen LogP contribution in [0.15, 0.2) is 11.4 Å². The number of rotatable bonds is 1. The minimum absolute atomic E-state index is 0.137. The summed E-state index contributed by atoms with van der Waals surface area (Å²) in [5, 5.41) is 14.6. The second-order valence-corrected chi connectivity index (χ2v) is 5.73. The van der Waals surface area contributed by atoms with Gasteiger partial charge in [0.25, 0.3) is 0 Å². The average molecular weight is 252 g/mol. The van der Waals surface area contributed by atoms with Gasteiger partial charge in [0.1, 0.15) is 0 Å². The Morgan fingerprint density at radius 2 is 2.47 bits per heavy atom. The van der Waals surface area contributed by atoms with Gasteiger partial charge in [-0.05, 0) is 29.9 Å². The van der Waals surface area contributed by atoms with Crippen LogP contribution < -0.4 is 5.32 Å². The molecule has 3 rings (SSSR count). The summed E-state index contributed by atoms with van der Waals surface area (Å²) in [6.45, 7) is 2.07. The SMILES string of the molecule is O=C([C@H]1C[C@@H](O)CN1)N1CCc2sccc2C1. The van der Waals surface area contributed by atoms with E-state index >= 15 is 0 Å². The molecule has 1 amide bonds. The Bertz CT molecular complexity index is 432. The highest BCUT2D eigenvalue weighted by Crippen LogP contribution is 2.25. The molecule has 0 aliphatic carbocycles. The maximum Gasteiger partial charge on any atom is 0.240 e. The molecule has 3 heterocycles. The summed E-state index contributed by atoms with van der Waals surface area (Å²) in [6.07, 6.45) is 1.14. The second-order valence-electron chi connectivity index (χ2n) is 4.73. The Morgan fingerprint density at radius 1 is 1.59 bits per heavy atom. The van der Waals surface area contributed by atoms with Gasteiger partial charge in [0.05, 0.1) is 12.1 Å². The summed E-state index contributed by atoms with van der Waals surface area (Å²) in [4.78, 5) is 15.6. The highest BCUT2D eigenvalue weighted by molar-refractivity contribution is 7.10. The zero-order chi connectivity index (χ0) is 11.8. The number of fused-ring (bicyclic) bond motifs is 1. The maximum atomic E-state index is 12.2. The van der Waals surface area contributed by atoms with Gasteiger partial charge in [-0.15, -0.1) is 11.3 Å². The summed E-state index contributed by atoms with van der Waals surface area (Å²) in [6, 6.07) is 1.92. The van der Waals surface area contributed by atoms with Crippen LogP contribution in [0.4, 0.5) is 0 Å². The van der Waals surface area contributed by atoms with Crippen LogP contribution >= 0.6 is 11.3 Å². The minimum atomic E-state index is -0.370. The van der Waals surface area contributed by atoms with Crippen molar-refractivity contribution in [3.8, 4) is 0 Å². The predicted octanol–water partition coefficient (Wildman–Crippen LogP) is 0.356. The Labute approximate surface area is 104 Å². The molecule has 1 fully saturated rings. The molecule has 17 heavy (non-hydrogen) atoms. The normalized spacial score (nSPS) is 28.2. The Morgan fingerprint density at radius 3 is 3.24 bits per heavy atom. The number of nitrogens with zero attached hydrogens (tertiary/aromatic N) is 1. The zero-order valence-corrected chi connectivity index (χ0v) is 10.4. The lowest BCUT2D eigenvalue weighted by atomic mass is 10.1. The van der Waals surface area contributed by atoms with Crippen LogP contribution in [0.5, 0.6) is 0 Å². The second kappa shape index (κ2) is 4.40. The van der Waals surface area contributed by atoms with Crippen molar-refractivity contribution in [3.05, 3.63) is 21.9 Å². The fraction of sp³-hybridized carbons (Fsp3) is 0.583. The van der Waals surface area contributed by atoms with E-state index in [1.807, 2.05) is 4.90 Å². The molecule has 1 aromatic rings. The lowest BCUT2D eigenvalue weighted by molar-refractivity contribution is -0.134. The van der Waals surface area contributed by atoms with E-state index in [1.165, 1.54) is 10.4 Å². The molecule has 92 valence electrons. The van der Waals surface area contributed by atoms with E-state index in [2.05, 4.69) is 16.8 Å². The van der Waals surface area contributed by atoms with E-state index in [-0.39, 0.29) is 18.1 Å². The number of carbonyl (C=O) groups is 1. The molecule has 2 N–H and O–H groups in total. The molecule has 0 bridgehead atoms. The quantitative estimate of drug-likeness (QED) is 0.758. The Kier molecular flexibility index (Phi) is 2.90. The largest absolute Gasteiger partial charge is 0.392 e. The molecule has 0 unspecified atom stereocenters. The van der Waals surface area contributed by atoms with E-state index in [0.717, 1.165) is 19.5 Å². The van der Waals surface area contributed by atoms with Gasteiger partial charge in [0.2, 0.25) is 5.91 Å². The van der Waals surface area contributed by atoms with Gasteiger partial charge in [0, 0.05) is 24.5 Å². The molecule has 0 spiro atoms. The topological polar surface area (TPSA) is 52.6 Å². The molecule has 1 saturated heterocycles. The van der Waals surface area contributed by atoms with Crippen LogP contribution in [-0.4, -0.2) is 41.1 Å². The van der Waals surface area contributed by atoms with Gasteiger partial charge >= 0.3 is 0 Å². The van der Waals surface area contributed by atoms with Crippen molar-refractivity contribution in [2.45, 2.75) is 31.5 Å². The third-order valence-electron chi connectivity index (χ3n) is 3.53. The molecule has 4 nitrogen and oxygen atoms in total. The van der Waals surface area contributed by atoms with Gasteiger partial charge in [-0.2, -0.15) is 0 Å². The first-order valence-corrected chi connectivity index (χ1v) is 6.87. The van der Waals surface area contributed by atoms with Crippen molar-refractivity contribution < 1.29 is 9.90 Å². The van der Waals surface area contributed by atoms with E-state index < -0.39 is 0 Å². The first-order valence-electron chi connectivity index (χ1n) is 5.99. The number of β-amino-alcohol motifs (C(OH)–C–C–N with tert-alkyl or cyclic N) is 1. The minimum Gasteiger partial charge on any atom is -0.392 e. The Hall–Kier alpha value is -0.910. The number of hydrogen-bond acceptors (Lipinski definition) is 4. The highest BCUT2D eigenvalue weighted by atomic mass is 32.1. The maximum absolute atomic E-state index is 12.2. The number of nitrogens with one attached hydrogen (secondary N) is 1. The standard InChI is InChI=1S/C12H16N2O2S/c15-9-5-10(13-6-9)12(16)14-3-1-11-8(7-14)2-4-17-11/h2,4,9-10,13,15H,1,3,5-7H2/t9-,10-/m1/s1. The molecule has 0 radical (unpaired) electrons. The molecule has 5 heteroatoms. The number of amides is 1. The number of aliphatic hydroxyl groups is 1. The van der Waals surface area contributed by atoms with Crippen molar-refractivity contribution in [3.63, 3.8) is 0 Å². The van der Waals surface area contributed by atoms with Gasteiger partial charge in [-0.3, -0.25) is 4.79 Å². The smallest absolute Gasteiger partial charge is 0.240 e. The van der Waals surface area contributed by atoms with Gasteiger partial charge < -0.3 is 15.3 Å². The fourth-order valence-electron chi connectivity index (χ4n) is 2.56. The molecule has 2 aliphatic heterocycles. The van der Waals surface area contributed by atoms with Crippen molar-refractivity contribution in [1.82, 2.24) is 10.2 Å². The van der Waals surface area contributed by atoms with Crippen LogP contribution in [0.2, 0.25) is 0 Å². The summed E-state index contributed by atoms with van der Waals surface area (Å²) < 4.78 is 0. The van der Waals surface area contributed by atoms with Crippen molar-refractivity contribution in [2.75, 3.05) is 13.1 Å². The van der Waals surface area contributed by atoms with E-state index in [1.54, 1.807) is 11.3 Å². The van der Waals surface area contributed by atoms with E-state index in [0.29, 0.717) is 13.0 Å². The number of aliphatic hydroxyl groups excluding tert-OH is 1. The number of thiophene rings is 1. The molecular formula is C12H16N2O2S. The van der Waals surface area contributed by atoms with Crippen LogP contribution in [0, 0.1) is 0 Å². The lowest BCUT2D eigenvalue weighted by Gasteiger charge is -2.29. The highest BCUT2D eigenvalue weighted by Gasteiger charge is 2.32. The number of hydrogen-bond donors (Lipinski definition) is 2. The van der Waals surface area contributed by atoms with E-state index in [4.69, 9.17) is 0 Å². The summed E-state index contributed by atoms with van der Waals surface area (Å²) in [7, 11) is 0. The van der Waals surface area contributed by atoms with Crippen molar-refractivity contribution in [2.24, 2.45) is 0 Å². The average Bonchev–Trinajstić information content (AvgIpc) is 2.95. The molecule has 0 saturated carbocycles. The third-order valence-corrected chi connectivity index (χ3v) is 4.55. The summed E-state index contributed by atoms with van der Waals surface area (Å²) in [5.74, 6) is 0.137. The van der Waals surface area contributed by atoms with Gasteiger partial charge in [-0.25, -0.2) is 0 Å². The predicted molar refractivity (Wildman–Crippen MR) is 65.9 cm³/mol. The fourth-order valence-corrected chi connectivity index (χ4v) is 3.45. The van der Waals surface area contributed by atoms with Crippen molar-refractivity contribution in [1.29, 1.82) is 0 Å². The van der Waals surface area contributed by atoms with Crippen LogP contribution in [0.3, 0.4) is 0 Å². The Balaban J connectivity index is 1.68. The van der Waals surface area contributed by atoms with E-state index in [9.17, 15) is 9.90 Å². The number of carbonyl (C=O) groups excluding carboxylic acids is 1. The van der Waals surface area contributed by atoms with Gasteiger partial charge in [0.15, 0.2) is 0 Å². The van der Waals surface area contributed by atoms with Crippen LogP contribution in [0.1, 0.15) is 16.9 Å². The first-order chi connectivity index (χ1) is 8.24. The molecular weight excluding hydrogens is 236 g/mol. The van der Waals surface area contributed by atoms with Crippen LogP contribution in [-0.2, 0) is 17.8 Å². The zero-order valence-electron chi connectivity index (χ0n) is 9.56. The third kappa shape index (κ3) is 2.10. The molecule has 0 aromatic carbocycles. The molecule has 1 aromatic heterocycles. The van der Waals surface area contributed by atoms with Crippen molar-refractivity contribution >= 4 is 17.2 Å².